The van der Waals surface area contributed by atoms with Crippen LogP contribution in [-0.2, 0) is 9.59 Å². The van der Waals surface area contributed by atoms with Gasteiger partial charge in [-0.25, -0.2) is 4.39 Å². The van der Waals surface area contributed by atoms with Gasteiger partial charge in [-0.2, -0.15) is 5.10 Å². The van der Waals surface area contributed by atoms with E-state index in [0.717, 1.165) is 5.56 Å². The molecule has 0 radical (unpaired) electrons. The Morgan fingerprint density at radius 1 is 1.08 bits per heavy atom. The molecule has 0 spiro atoms. The number of carbonyl (C=O) groups is 2. The van der Waals surface area contributed by atoms with Crippen LogP contribution in [0.1, 0.15) is 43.5 Å². The summed E-state index contributed by atoms with van der Waals surface area (Å²) in [6.07, 6.45) is 4.54. The molecule has 5 heterocycles. The predicted octanol–water partition coefficient (Wildman–Crippen LogP) is 6.03. The molecule has 1 fully saturated rings. The average Bonchev–Trinajstić information content (AvgIpc) is 3.53. The molecular formula is C36H35ClFN7O3. The van der Waals surface area contributed by atoms with Gasteiger partial charge in [0.2, 0.25) is 5.91 Å². The first-order chi connectivity index (χ1) is 22.9. The van der Waals surface area contributed by atoms with Crippen molar-refractivity contribution in [3.63, 3.8) is 0 Å². The van der Waals surface area contributed by atoms with Crippen LogP contribution < -0.4 is 15.4 Å². The van der Waals surface area contributed by atoms with Crippen molar-refractivity contribution >= 4 is 56.6 Å². The van der Waals surface area contributed by atoms with E-state index < -0.39 is 17.4 Å². The molecule has 5 aromatic rings. The quantitative estimate of drug-likeness (QED) is 0.235. The molecule has 2 unspecified atom stereocenters. The van der Waals surface area contributed by atoms with Crippen LogP contribution >= 0.6 is 11.6 Å². The van der Waals surface area contributed by atoms with Crippen molar-refractivity contribution in [1.29, 1.82) is 0 Å². The topological polar surface area (TPSA) is 107 Å². The molecule has 10 nitrogen and oxygen atoms in total. The van der Waals surface area contributed by atoms with Gasteiger partial charge < -0.3 is 14.7 Å². The highest BCUT2D eigenvalue weighted by atomic mass is 35.5. The van der Waals surface area contributed by atoms with Gasteiger partial charge in [0.1, 0.15) is 11.7 Å². The molecule has 2 aliphatic heterocycles. The third-order valence-electron chi connectivity index (χ3n) is 9.74. The van der Waals surface area contributed by atoms with Crippen molar-refractivity contribution in [2.24, 2.45) is 0 Å². The largest absolute Gasteiger partial charge is 0.354 e. The molecular weight excluding hydrogens is 633 g/mol. The summed E-state index contributed by atoms with van der Waals surface area (Å²) in [5.41, 5.74) is 3.93. The van der Waals surface area contributed by atoms with E-state index in [9.17, 15) is 9.59 Å². The Morgan fingerprint density at radius 3 is 2.54 bits per heavy atom. The van der Waals surface area contributed by atoms with Crippen molar-refractivity contribution in [3.05, 3.63) is 87.3 Å². The van der Waals surface area contributed by atoms with Crippen molar-refractivity contribution < 1.29 is 14.0 Å². The van der Waals surface area contributed by atoms with E-state index in [-0.39, 0.29) is 58.7 Å². The number of carbonyl (C=O) groups excluding carboxylic acids is 2. The maximum atomic E-state index is 17.8. The Bertz CT molecular complexity index is 2280. The third-order valence-corrected chi connectivity index (χ3v) is 10.0. The number of amides is 2. The van der Waals surface area contributed by atoms with Crippen LogP contribution in [0.4, 0.5) is 15.8 Å². The summed E-state index contributed by atoms with van der Waals surface area (Å²) in [6, 6.07) is 6.08. The first-order valence-corrected chi connectivity index (χ1v) is 16.2. The first kappa shape index (κ1) is 31.6. The lowest BCUT2D eigenvalue weighted by molar-refractivity contribution is -0.130. The molecule has 0 aliphatic carbocycles. The number of hydrogen-bond acceptors (Lipinski definition) is 6. The van der Waals surface area contributed by atoms with E-state index in [4.69, 9.17) is 11.6 Å². The lowest BCUT2D eigenvalue weighted by Gasteiger charge is -2.50. The zero-order valence-corrected chi connectivity index (χ0v) is 28.3. The zero-order valence-electron chi connectivity index (χ0n) is 27.6. The molecule has 0 saturated carbocycles. The van der Waals surface area contributed by atoms with E-state index in [1.165, 1.54) is 15.5 Å². The summed E-state index contributed by atoms with van der Waals surface area (Å²) in [6.45, 7) is 13.5. The predicted molar refractivity (Wildman–Crippen MR) is 187 cm³/mol. The fourth-order valence-electron chi connectivity index (χ4n) is 7.41. The van der Waals surface area contributed by atoms with E-state index in [1.807, 2.05) is 51.7 Å². The van der Waals surface area contributed by atoms with E-state index in [1.54, 1.807) is 36.5 Å². The summed E-state index contributed by atoms with van der Waals surface area (Å²) in [5, 5.41) is 8.33. The molecule has 1 saturated heterocycles. The normalized spacial score (nSPS) is 17.8. The van der Waals surface area contributed by atoms with Crippen LogP contribution in [0, 0.1) is 19.7 Å². The summed E-state index contributed by atoms with van der Waals surface area (Å²) in [7, 11) is 1.54. The highest BCUT2D eigenvalue weighted by Gasteiger charge is 2.46. The van der Waals surface area contributed by atoms with Crippen LogP contribution in [0.3, 0.4) is 0 Å². The number of pyridine rings is 2. The molecule has 48 heavy (non-hydrogen) atoms. The van der Waals surface area contributed by atoms with Gasteiger partial charge in [-0.05, 0) is 62.1 Å². The Balaban J connectivity index is 1.65. The monoisotopic (exact) mass is 667 g/mol. The van der Waals surface area contributed by atoms with Crippen molar-refractivity contribution in [2.45, 2.75) is 52.6 Å². The van der Waals surface area contributed by atoms with Gasteiger partial charge in [-0.15, -0.1) is 0 Å². The van der Waals surface area contributed by atoms with Gasteiger partial charge in [0.15, 0.2) is 5.82 Å². The second-order valence-electron chi connectivity index (χ2n) is 13.0. The maximum absolute atomic E-state index is 17.8. The van der Waals surface area contributed by atoms with Gasteiger partial charge in [0, 0.05) is 47.7 Å². The summed E-state index contributed by atoms with van der Waals surface area (Å²) >= 11 is 7.10. The molecule has 2 aromatic carbocycles. The van der Waals surface area contributed by atoms with E-state index >= 15 is 9.18 Å². The standard InChI is InChI=1S/C36H35ClFN7O3/c1-8-26(46)43-16-25-35(47)42(7)34-33(44(25)15-20(43)6)21-13-23(37)28(27-18(4)9-10-24-22(27)14-40-41-24)29(38)32(21)45(36(34)48)31-19(5)11-12-39-30(31)17(2)3/h8-14,17,20,25H,1,15-16H2,2-7H3,(H,40,41). The molecule has 0 bridgehead atoms. The van der Waals surface area contributed by atoms with E-state index in [0.29, 0.717) is 44.5 Å². The van der Waals surface area contributed by atoms with Gasteiger partial charge in [0.25, 0.3) is 11.5 Å². The van der Waals surface area contributed by atoms with Crippen LogP contribution in [0.2, 0.25) is 5.02 Å². The smallest absolute Gasteiger partial charge is 0.281 e. The average molecular weight is 668 g/mol. The molecule has 2 aliphatic rings. The number of aromatic nitrogens is 4. The van der Waals surface area contributed by atoms with Gasteiger partial charge in [-0.3, -0.25) is 29.0 Å². The van der Waals surface area contributed by atoms with Crippen molar-refractivity contribution in [1.82, 2.24) is 24.6 Å². The summed E-state index contributed by atoms with van der Waals surface area (Å²) in [5.74, 6) is -1.44. The number of piperazine rings is 1. The van der Waals surface area contributed by atoms with Crippen molar-refractivity contribution in [2.75, 3.05) is 29.9 Å². The highest BCUT2D eigenvalue weighted by molar-refractivity contribution is 6.35. The minimum Gasteiger partial charge on any atom is -0.354 e. The van der Waals surface area contributed by atoms with Gasteiger partial charge >= 0.3 is 0 Å². The number of aryl methyl sites for hydroxylation is 2. The lowest BCUT2D eigenvalue weighted by Crippen LogP contribution is -2.66. The maximum Gasteiger partial charge on any atom is 0.281 e. The molecule has 7 rings (SSSR count). The molecule has 1 N–H and O–H groups in total. The zero-order chi connectivity index (χ0) is 34.3. The second-order valence-corrected chi connectivity index (χ2v) is 13.4. The number of halogens is 2. The number of hydrogen-bond donors (Lipinski definition) is 1. The van der Waals surface area contributed by atoms with Crippen LogP contribution in [0.25, 0.3) is 38.6 Å². The Labute approximate surface area is 281 Å². The number of fused-ring (bicyclic) bond motifs is 6. The number of nitrogens with one attached hydrogen (secondary N) is 1. The lowest BCUT2D eigenvalue weighted by atomic mass is 9.93. The number of aromatic amines is 1. The number of anilines is 2. The van der Waals surface area contributed by atoms with Crippen molar-refractivity contribution in [3.8, 4) is 16.8 Å². The molecule has 2 atom stereocenters. The molecule has 2 amide bonds. The Morgan fingerprint density at radius 2 is 1.83 bits per heavy atom. The molecule has 246 valence electrons. The third kappa shape index (κ3) is 4.40. The first-order valence-electron chi connectivity index (χ1n) is 15.8. The fourth-order valence-corrected chi connectivity index (χ4v) is 7.70. The van der Waals surface area contributed by atoms with Gasteiger partial charge in [0.05, 0.1) is 45.9 Å². The number of rotatable bonds is 4. The van der Waals surface area contributed by atoms with Crippen LogP contribution in [0.5, 0.6) is 0 Å². The highest BCUT2D eigenvalue weighted by Crippen LogP contribution is 2.47. The minimum atomic E-state index is -0.809. The fraction of sp³-hybridized carbons (Fsp3) is 0.306. The second kappa shape index (κ2) is 11.3. The number of likely N-dealkylation sites (N-methyl/N-ethyl adjacent to an activating group) is 1. The SMILES string of the molecule is C=CC(=O)N1CC2C(=O)N(C)c3c(c4cc(Cl)c(-c5c(C)ccc6[nH]ncc56)c(F)c4n(-c4c(C)ccnc4C(C)C)c3=O)N2CC1C. The molecule has 12 heteroatoms. The summed E-state index contributed by atoms with van der Waals surface area (Å²) < 4.78 is 19.2. The Kier molecular flexibility index (Phi) is 7.43. The number of nitrogens with zero attached hydrogens (tertiary/aromatic N) is 6. The van der Waals surface area contributed by atoms with Crippen LogP contribution in [0.15, 0.2) is 54.1 Å². The molecule has 3 aromatic heterocycles. The van der Waals surface area contributed by atoms with E-state index in [2.05, 4.69) is 21.8 Å². The minimum absolute atomic E-state index is 0.0230. The number of H-pyrrole nitrogens is 1. The Hall–Kier alpha value is -5.03. The van der Waals surface area contributed by atoms with Gasteiger partial charge in [-0.1, -0.05) is 38.1 Å². The number of benzene rings is 2. The van der Waals surface area contributed by atoms with Crippen LogP contribution in [-0.4, -0.2) is 68.7 Å². The summed E-state index contributed by atoms with van der Waals surface area (Å²) in [4.78, 5) is 51.2.